The third-order valence-corrected chi connectivity index (χ3v) is 3.46. The molecule has 1 aromatic rings. The summed E-state index contributed by atoms with van der Waals surface area (Å²) in [5.74, 6) is 0.335. The van der Waals surface area contributed by atoms with E-state index >= 15 is 0 Å². The quantitative estimate of drug-likeness (QED) is 0.640. The van der Waals surface area contributed by atoms with Crippen molar-refractivity contribution in [1.82, 2.24) is 0 Å². The van der Waals surface area contributed by atoms with Crippen LogP contribution in [0.4, 0.5) is 0 Å². The number of phenolic OH excluding ortho intramolecular Hbond substituents is 1. The zero-order valence-electron chi connectivity index (χ0n) is 12.4. The van der Waals surface area contributed by atoms with E-state index in [1.165, 1.54) is 0 Å². The van der Waals surface area contributed by atoms with Crippen molar-refractivity contribution in [2.45, 2.75) is 57.3 Å². The van der Waals surface area contributed by atoms with E-state index in [-0.39, 0.29) is 10.8 Å². The summed E-state index contributed by atoms with van der Waals surface area (Å²) >= 11 is 1.02. The average molecular weight is 279 g/mol. The van der Waals surface area contributed by atoms with Crippen molar-refractivity contribution in [3.8, 4) is 12.0 Å². The van der Waals surface area contributed by atoms with Gasteiger partial charge in [0.2, 0.25) is 0 Å². The molecule has 0 atom stereocenters. The fourth-order valence-electron chi connectivity index (χ4n) is 1.87. The van der Waals surface area contributed by atoms with Crippen molar-refractivity contribution < 1.29 is 9.29 Å². The Kier molecular flexibility index (Phi) is 4.42. The Morgan fingerprint density at radius 2 is 1.47 bits per heavy atom. The maximum Gasteiger partial charge on any atom is 0.300 e. The van der Waals surface area contributed by atoms with Crippen LogP contribution in [0.25, 0.3) is 0 Å². The summed E-state index contributed by atoms with van der Waals surface area (Å²) in [5.41, 5.74) is 1.38. The van der Waals surface area contributed by atoms with E-state index in [9.17, 15) is 5.11 Å². The Bertz CT molecular complexity index is 469. The molecule has 0 amide bonds. The van der Waals surface area contributed by atoms with Gasteiger partial charge in [0.1, 0.15) is 17.8 Å². The summed E-state index contributed by atoms with van der Waals surface area (Å²) in [6.07, 6.45) is 1.65. The molecule has 0 aliphatic rings. The third-order valence-electron chi connectivity index (χ3n) is 2.87. The van der Waals surface area contributed by atoms with Gasteiger partial charge < -0.3 is 9.29 Å². The largest absolute Gasteiger partial charge is 0.507 e. The minimum atomic E-state index is -0.173. The van der Waals surface area contributed by atoms with E-state index in [0.717, 1.165) is 28.1 Å². The van der Waals surface area contributed by atoms with Gasteiger partial charge >= 0.3 is 0 Å². The van der Waals surface area contributed by atoms with Gasteiger partial charge in [-0.1, -0.05) is 41.5 Å². The normalized spacial score (nSPS) is 12.1. The fourth-order valence-corrected chi connectivity index (χ4v) is 2.33. The highest BCUT2D eigenvalue weighted by molar-refractivity contribution is 7.94. The second kappa shape index (κ2) is 5.34. The molecule has 0 saturated heterocycles. The van der Waals surface area contributed by atoms with Crippen molar-refractivity contribution >= 4 is 12.0 Å². The Labute approximate surface area is 119 Å². The van der Waals surface area contributed by atoms with Gasteiger partial charge in [0, 0.05) is 16.0 Å². The maximum atomic E-state index is 10.5. The molecule has 104 valence electrons. The maximum absolute atomic E-state index is 10.5. The molecule has 19 heavy (non-hydrogen) atoms. The average Bonchev–Trinajstić information content (AvgIpc) is 2.24. The van der Waals surface area contributed by atoms with Crippen molar-refractivity contribution in [1.29, 1.82) is 5.26 Å². The van der Waals surface area contributed by atoms with Gasteiger partial charge in [-0.05, 0) is 23.0 Å². The van der Waals surface area contributed by atoms with E-state index in [0.29, 0.717) is 5.75 Å². The van der Waals surface area contributed by atoms with Crippen LogP contribution in [0.15, 0.2) is 17.0 Å². The van der Waals surface area contributed by atoms with Crippen LogP contribution in [0, 0.1) is 11.5 Å². The number of nitriles is 1. The highest BCUT2D eigenvalue weighted by Crippen LogP contribution is 2.41. The highest BCUT2D eigenvalue weighted by atomic mass is 32.2. The molecule has 0 radical (unpaired) electrons. The van der Waals surface area contributed by atoms with Crippen LogP contribution >= 0.6 is 12.0 Å². The van der Waals surface area contributed by atoms with Crippen LogP contribution in [0.2, 0.25) is 0 Å². The number of rotatable bonds is 2. The molecule has 0 unspecified atom stereocenters. The summed E-state index contributed by atoms with van der Waals surface area (Å²) in [4.78, 5) is 0.828. The molecule has 0 spiro atoms. The van der Waals surface area contributed by atoms with E-state index < -0.39 is 0 Å². The smallest absolute Gasteiger partial charge is 0.300 e. The van der Waals surface area contributed by atoms with E-state index in [4.69, 9.17) is 9.44 Å². The fraction of sp³-hybridized carbons (Fsp3) is 0.533. The lowest BCUT2D eigenvalue weighted by atomic mass is 9.79. The first-order valence-electron chi connectivity index (χ1n) is 6.18. The topological polar surface area (TPSA) is 53.2 Å². The first-order valence-corrected chi connectivity index (χ1v) is 6.92. The second-order valence-corrected chi connectivity index (χ2v) is 7.43. The summed E-state index contributed by atoms with van der Waals surface area (Å²) in [7, 11) is 0. The summed E-state index contributed by atoms with van der Waals surface area (Å²) in [5, 5.41) is 19.0. The molecule has 4 heteroatoms. The second-order valence-electron chi connectivity index (χ2n) is 6.62. The van der Waals surface area contributed by atoms with Gasteiger partial charge in [-0.2, -0.15) is 0 Å². The molecule has 1 rings (SSSR count). The minimum absolute atomic E-state index is 0.173. The summed E-state index contributed by atoms with van der Waals surface area (Å²) in [6.45, 7) is 12.3. The molecule has 0 saturated carbocycles. The highest BCUT2D eigenvalue weighted by Gasteiger charge is 2.26. The van der Waals surface area contributed by atoms with E-state index in [1.807, 2.05) is 53.7 Å². The molecule has 0 aliphatic carbocycles. The third kappa shape index (κ3) is 3.81. The van der Waals surface area contributed by atoms with Crippen molar-refractivity contribution in [2.75, 3.05) is 0 Å². The van der Waals surface area contributed by atoms with Crippen LogP contribution in [0.3, 0.4) is 0 Å². The number of hydrogen-bond acceptors (Lipinski definition) is 4. The predicted octanol–water partition coefficient (Wildman–Crippen LogP) is 4.49. The van der Waals surface area contributed by atoms with E-state index in [1.54, 1.807) is 6.26 Å². The molecule has 0 fully saturated rings. The standard InChI is InChI=1S/C15H21NO2S/c1-14(2,3)11-7-10(19-18-9-16)8-12(13(11)17)15(4,5)6/h7-8,17H,1-6H3. The van der Waals surface area contributed by atoms with Crippen LogP contribution in [0.1, 0.15) is 52.7 Å². The summed E-state index contributed by atoms with van der Waals surface area (Å²) in [6, 6.07) is 3.76. The Morgan fingerprint density at radius 3 is 1.79 bits per heavy atom. The number of hydrogen-bond donors (Lipinski definition) is 1. The minimum Gasteiger partial charge on any atom is -0.507 e. The number of aromatic hydroxyl groups is 1. The molecule has 0 aromatic heterocycles. The molecule has 1 N–H and O–H groups in total. The number of benzene rings is 1. The SMILES string of the molecule is CC(C)(C)c1cc(SOC#N)cc(C(C)(C)C)c1O. The van der Waals surface area contributed by atoms with Gasteiger partial charge in [0.05, 0.1) is 0 Å². The molecular formula is C15H21NO2S. The Hall–Kier alpha value is -1.34. The first-order chi connectivity index (χ1) is 8.57. The lowest BCUT2D eigenvalue weighted by Gasteiger charge is -2.27. The van der Waals surface area contributed by atoms with Gasteiger partial charge in [-0.3, -0.25) is 0 Å². The van der Waals surface area contributed by atoms with Crippen molar-refractivity contribution in [2.24, 2.45) is 0 Å². The Balaban J connectivity index is 3.44. The predicted molar refractivity (Wildman–Crippen MR) is 78.1 cm³/mol. The number of phenols is 1. The monoisotopic (exact) mass is 279 g/mol. The molecular weight excluding hydrogens is 258 g/mol. The van der Waals surface area contributed by atoms with Gasteiger partial charge in [0.25, 0.3) is 6.26 Å². The van der Waals surface area contributed by atoms with Crippen molar-refractivity contribution in [3.63, 3.8) is 0 Å². The van der Waals surface area contributed by atoms with Crippen LogP contribution in [-0.2, 0) is 15.0 Å². The van der Waals surface area contributed by atoms with Gasteiger partial charge in [0.15, 0.2) is 0 Å². The van der Waals surface area contributed by atoms with Crippen LogP contribution in [0.5, 0.6) is 5.75 Å². The molecule has 0 bridgehead atoms. The number of nitrogens with zero attached hydrogens (tertiary/aromatic N) is 1. The molecule has 0 heterocycles. The van der Waals surface area contributed by atoms with Crippen molar-refractivity contribution in [3.05, 3.63) is 23.3 Å². The van der Waals surface area contributed by atoms with Crippen LogP contribution in [-0.4, -0.2) is 5.11 Å². The Morgan fingerprint density at radius 1 is 1.05 bits per heavy atom. The van der Waals surface area contributed by atoms with E-state index in [2.05, 4.69) is 0 Å². The lowest BCUT2D eigenvalue weighted by Crippen LogP contribution is -2.17. The molecule has 3 nitrogen and oxygen atoms in total. The van der Waals surface area contributed by atoms with Gasteiger partial charge in [-0.15, -0.1) is 5.26 Å². The molecule has 1 aromatic carbocycles. The first kappa shape index (κ1) is 15.7. The zero-order chi connectivity index (χ0) is 14.8. The van der Waals surface area contributed by atoms with Crippen LogP contribution < -0.4 is 0 Å². The lowest BCUT2D eigenvalue weighted by molar-refractivity contribution is 0.422. The van der Waals surface area contributed by atoms with Gasteiger partial charge in [-0.25, -0.2) is 0 Å². The summed E-state index contributed by atoms with van der Waals surface area (Å²) < 4.78 is 4.74. The zero-order valence-corrected chi connectivity index (χ0v) is 13.2. The molecule has 0 aliphatic heterocycles.